The van der Waals surface area contributed by atoms with E-state index in [4.69, 9.17) is 15.6 Å². The van der Waals surface area contributed by atoms with Gasteiger partial charge in [-0.25, -0.2) is 18.9 Å². The lowest BCUT2D eigenvalue weighted by atomic mass is 10.1. The van der Waals surface area contributed by atoms with Crippen LogP contribution >= 0.6 is 0 Å². The van der Waals surface area contributed by atoms with Gasteiger partial charge in [0.05, 0.1) is 5.39 Å². The van der Waals surface area contributed by atoms with Gasteiger partial charge in [0.1, 0.15) is 17.3 Å². The number of carboxylic acid groups (broad SMARTS) is 1. The number of carboxylic acids is 1. The first-order valence-electron chi connectivity index (χ1n) is 6.55. The molecule has 118 valence electrons. The molecule has 3 N–H and O–H groups in total. The molecule has 3 rings (SSSR count). The number of nitrogens with two attached hydrogens (primary N) is 1. The first-order chi connectivity index (χ1) is 10.9. The number of nitrogens with zero attached hydrogens (tertiary/aromatic N) is 4. The SMILES string of the molecule is Cn1nc(-c2cc(F)cc(OCC(=O)O)c2)c2cnc(N)nc21. The summed E-state index contributed by atoms with van der Waals surface area (Å²) in [6.07, 6.45) is 1.50. The van der Waals surface area contributed by atoms with Gasteiger partial charge in [-0.2, -0.15) is 10.1 Å². The highest BCUT2D eigenvalue weighted by atomic mass is 19.1. The van der Waals surface area contributed by atoms with Crippen LogP contribution in [-0.4, -0.2) is 37.4 Å². The van der Waals surface area contributed by atoms with Crippen molar-refractivity contribution >= 4 is 23.0 Å². The molecule has 1 aromatic carbocycles. The second-order valence-corrected chi connectivity index (χ2v) is 4.80. The molecule has 0 unspecified atom stereocenters. The van der Waals surface area contributed by atoms with Crippen LogP contribution in [-0.2, 0) is 11.8 Å². The highest BCUT2D eigenvalue weighted by Gasteiger charge is 2.15. The van der Waals surface area contributed by atoms with Crippen LogP contribution in [0.5, 0.6) is 5.75 Å². The number of fused-ring (bicyclic) bond motifs is 1. The molecule has 3 aromatic rings. The lowest BCUT2D eigenvalue weighted by Crippen LogP contribution is -2.09. The number of anilines is 1. The van der Waals surface area contributed by atoms with Crippen molar-refractivity contribution in [1.29, 1.82) is 0 Å². The third-order valence-corrected chi connectivity index (χ3v) is 3.11. The third-order valence-electron chi connectivity index (χ3n) is 3.11. The molecule has 0 atom stereocenters. The monoisotopic (exact) mass is 317 g/mol. The topological polar surface area (TPSA) is 116 Å². The van der Waals surface area contributed by atoms with E-state index in [0.29, 0.717) is 22.3 Å². The normalized spacial score (nSPS) is 10.9. The Hall–Kier alpha value is -3.23. The van der Waals surface area contributed by atoms with Crippen molar-refractivity contribution in [2.75, 3.05) is 12.3 Å². The maximum atomic E-state index is 13.8. The number of rotatable bonds is 4. The fraction of sp³-hybridized carbons (Fsp3) is 0.143. The van der Waals surface area contributed by atoms with Crippen molar-refractivity contribution in [1.82, 2.24) is 19.7 Å². The van der Waals surface area contributed by atoms with Crippen molar-refractivity contribution in [3.63, 3.8) is 0 Å². The molecule has 8 nitrogen and oxygen atoms in total. The fourth-order valence-corrected chi connectivity index (χ4v) is 2.19. The van der Waals surface area contributed by atoms with E-state index in [0.717, 1.165) is 6.07 Å². The first kappa shape index (κ1) is 14.7. The quantitative estimate of drug-likeness (QED) is 0.743. The summed E-state index contributed by atoms with van der Waals surface area (Å²) in [4.78, 5) is 18.6. The number of hydrogen-bond acceptors (Lipinski definition) is 6. The Morgan fingerprint density at radius 3 is 2.96 bits per heavy atom. The molecular weight excluding hydrogens is 305 g/mol. The van der Waals surface area contributed by atoms with Crippen LogP contribution in [0.25, 0.3) is 22.3 Å². The van der Waals surface area contributed by atoms with E-state index in [9.17, 15) is 9.18 Å². The molecule has 0 radical (unpaired) electrons. The van der Waals surface area contributed by atoms with Gasteiger partial charge in [-0.3, -0.25) is 0 Å². The number of halogens is 1. The lowest BCUT2D eigenvalue weighted by molar-refractivity contribution is -0.139. The fourth-order valence-electron chi connectivity index (χ4n) is 2.19. The van der Waals surface area contributed by atoms with Crippen molar-refractivity contribution < 1.29 is 19.0 Å². The average Bonchev–Trinajstić information content (AvgIpc) is 2.81. The minimum Gasteiger partial charge on any atom is -0.482 e. The van der Waals surface area contributed by atoms with Crippen LogP contribution in [0.3, 0.4) is 0 Å². The van der Waals surface area contributed by atoms with Crippen molar-refractivity contribution in [3.05, 3.63) is 30.2 Å². The number of aliphatic carboxylic acids is 1. The van der Waals surface area contributed by atoms with Crippen LogP contribution in [0.4, 0.5) is 10.3 Å². The number of nitrogen functional groups attached to an aromatic ring is 1. The molecule has 0 aliphatic heterocycles. The summed E-state index contributed by atoms with van der Waals surface area (Å²) in [6.45, 7) is -0.564. The minimum atomic E-state index is -1.15. The maximum Gasteiger partial charge on any atom is 0.341 e. The van der Waals surface area contributed by atoms with E-state index >= 15 is 0 Å². The van der Waals surface area contributed by atoms with Crippen molar-refractivity contribution in [2.24, 2.45) is 7.05 Å². The van der Waals surface area contributed by atoms with E-state index in [1.165, 1.54) is 23.0 Å². The van der Waals surface area contributed by atoms with E-state index < -0.39 is 18.4 Å². The molecule has 0 aliphatic carbocycles. The van der Waals surface area contributed by atoms with Gasteiger partial charge in [0, 0.05) is 24.9 Å². The third kappa shape index (κ3) is 2.89. The van der Waals surface area contributed by atoms with Crippen LogP contribution in [0.15, 0.2) is 24.4 Å². The molecule has 0 aliphatic rings. The van der Waals surface area contributed by atoms with Crippen molar-refractivity contribution in [2.45, 2.75) is 0 Å². The molecule has 2 heterocycles. The summed E-state index contributed by atoms with van der Waals surface area (Å²) in [5.74, 6) is -1.52. The summed E-state index contributed by atoms with van der Waals surface area (Å²) in [6, 6.07) is 3.88. The Labute approximate surface area is 129 Å². The predicted octanol–water partition coefficient (Wildman–Crippen LogP) is 1.21. The molecule has 23 heavy (non-hydrogen) atoms. The number of benzene rings is 1. The summed E-state index contributed by atoms with van der Waals surface area (Å²) in [5.41, 5.74) is 6.93. The number of aryl methyl sites for hydroxylation is 1. The Kier molecular flexibility index (Phi) is 3.53. The van der Waals surface area contributed by atoms with E-state index in [1.54, 1.807) is 7.05 Å². The Balaban J connectivity index is 2.09. The van der Waals surface area contributed by atoms with Gasteiger partial charge in [0.15, 0.2) is 12.3 Å². The van der Waals surface area contributed by atoms with Gasteiger partial charge >= 0.3 is 5.97 Å². The van der Waals surface area contributed by atoms with Crippen molar-refractivity contribution in [3.8, 4) is 17.0 Å². The van der Waals surface area contributed by atoms with Gasteiger partial charge < -0.3 is 15.6 Å². The molecule has 2 aromatic heterocycles. The summed E-state index contributed by atoms with van der Waals surface area (Å²) in [7, 11) is 1.68. The van der Waals surface area contributed by atoms with Gasteiger partial charge in [0.2, 0.25) is 5.95 Å². The van der Waals surface area contributed by atoms with Gasteiger partial charge in [0.25, 0.3) is 0 Å². The summed E-state index contributed by atoms with van der Waals surface area (Å²) >= 11 is 0. The molecular formula is C14H12FN5O3. The van der Waals surface area contributed by atoms with Crippen LogP contribution in [0.2, 0.25) is 0 Å². The predicted molar refractivity (Wildman–Crippen MR) is 79.2 cm³/mol. The summed E-state index contributed by atoms with van der Waals surface area (Å²) in [5, 5.41) is 13.5. The molecule has 0 saturated carbocycles. The molecule has 0 amide bonds. The molecule has 0 fully saturated rings. The van der Waals surface area contributed by atoms with E-state index in [1.807, 2.05) is 0 Å². The Morgan fingerprint density at radius 2 is 2.22 bits per heavy atom. The number of aromatic nitrogens is 4. The smallest absolute Gasteiger partial charge is 0.341 e. The largest absolute Gasteiger partial charge is 0.482 e. The van der Waals surface area contributed by atoms with Gasteiger partial charge in [-0.1, -0.05) is 0 Å². The minimum absolute atomic E-state index is 0.0950. The lowest BCUT2D eigenvalue weighted by Gasteiger charge is -2.06. The van der Waals surface area contributed by atoms with E-state index in [-0.39, 0.29) is 11.7 Å². The Bertz CT molecular complexity index is 909. The van der Waals surface area contributed by atoms with Crippen LogP contribution < -0.4 is 10.5 Å². The molecule has 0 spiro atoms. The Morgan fingerprint density at radius 1 is 1.43 bits per heavy atom. The zero-order valence-corrected chi connectivity index (χ0v) is 12.0. The average molecular weight is 317 g/mol. The van der Waals surface area contributed by atoms with Crippen LogP contribution in [0.1, 0.15) is 0 Å². The second-order valence-electron chi connectivity index (χ2n) is 4.80. The number of carbonyl (C=O) groups is 1. The van der Waals surface area contributed by atoms with Gasteiger partial charge in [-0.15, -0.1) is 0 Å². The molecule has 0 saturated heterocycles. The molecule has 0 bridgehead atoms. The number of hydrogen-bond donors (Lipinski definition) is 2. The van der Waals surface area contributed by atoms with Gasteiger partial charge in [-0.05, 0) is 12.1 Å². The first-order valence-corrected chi connectivity index (χ1v) is 6.55. The maximum absolute atomic E-state index is 13.8. The van der Waals surface area contributed by atoms with E-state index in [2.05, 4.69) is 15.1 Å². The highest BCUT2D eigenvalue weighted by Crippen LogP contribution is 2.30. The standard InChI is InChI=1S/C14H12FN5O3/c1-20-13-10(5-17-14(16)18-13)12(19-20)7-2-8(15)4-9(3-7)23-6-11(21)22/h2-5H,6H2,1H3,(H,21,22)(H2,16,17,18). The zero-order chi connectivity index (χ0) is 16.6. The number of ether oxygens (including phenoxy) is 1. The summed E-state index contributed by atoms with van der Waals surface area (Å²) < 4.78 is 20.3. The zero-order valence-electron chi connectivity index (χ0n) is 12.0. The molecule has 9 heteroatoms. The van der Waals surface area contributed by atoms with Crippen LogP contribution in [0, 0.1) is 5.82 Å². The second kappa shape index (κ2) is 5.52. The highest BCUT2D eigenvalue weighted by molar-refractivity contribution is 5.91.